The van der Waals surface area contributed by atoms with Crippen molar-refractivity contribution in [1.82, 2.24) is 9.47 Å². The largest absolute Gasteiger partial charge is 0.419 e. The SMILES string of the molecule is CC(C(=O)c1ccc2c(c1)oc(=O)n2C)N1CCOCC1. The number of aryl methyl sites for hydroxylation is 1. The predicted octanol–water partition coefficient (Wildman–Crippen LogP) is 1.03. The Morgan fingerprint density at radius 1 is 1.29 bits per heavy atom. The van der Waals surface area contributed by atoms with Crippen molar-refractivity contribution in [2.75, 3.05) is 26.3 Å². The highest BCUT2D eigenvalue weighted by Crippen LogP contribution is 2.17. The Bertz CT molecular complexity index is 725. The summed E-state index contributed by atoms with van der Waals surface area (Å²) >= 11 is 0. The van der Waals surface area contributed by atoms with E-state index in [-0.39, 0.29) is 11.8 Å². The molecular weight excluding hydrogens is 272 g/mol. The smallest absolute Gasteiger partial charge is 0.408 e. The molecule has 0 radical (unpaired) electrons. The number of nitrogens with zero attached hydrogens (tertiary/aromatic N) is 2. The first-order chi connectivity index (χ1) is 10.1. The van der Waals surface area contributed by atoms with Crippen LogP contribution in [0.3, 0.4) is 0 Å². The summed E-state index contributed by atoms with van der Waals surface area (Å²) in [5.74, 6) is -0.388. The van der Waals surface area contributed by atoms with Crippen molar-refractivity contribution in [2.45, 2.75) is 13.0 Å². The summed E-state index contributed by atoms with van der Waals surface area (Å²) in [6, 6.07) is 4.94. The van der Waals surface area contributed by atoms with Crippen molar-refractivity contribution in [1.29, 1.82) is 0 Å². The molecule has 0 saturated carbocycles. The first kappa shape index (κ1) is 14.0. The zero-order valence-electron chi connectivity index (χ0n) is 12.2. The second kappa shape index (κ2) is 5.46. The van der Waals surface area contributed by atoms with Crippen LogP contribution >= 0.6 is 0 Å². The molecule has 0 bridgehead atoms. The number of rotatable bonds is 3. The van der Waals surface area contributed by atoms with Crippen LogP contribution in [-0.4, -0.2) is 47.6 Å². The second-order valence-electron chi connectivity index (χ2n) is 5.30. The van der Waals surface area contributed by atoms with Gasteiger partial charge >= 0.3 is 5.76 Å². The van der Waals surface area contributed by atoms with Crippen molar-refractivity contribution in [3.05, 3.63) is 34.3 Å². The zero-order chi connectivity index (χ0) is 15.0. The first-order valence-corrected chi connectivity index (χ1v) is 7.03. The fourth-order valence-electron chi connectivity index (χ4n) is 2.66. The van der Waals surface area contributed by atoms with E-state index in [9.17, 15) is 9.59 Å². The van der Waals surface area contributed by atoms with E-state index in [1.165, 1.54) is 4.57 Å². The number of carbonyl (C=O) groups excluding carboxylic acids is 1. The number of fused-ring (bicyclic) bond motifs is 1. The monoisotopic (exact) mass is 290 g/mol. The number of ketones is 1. The molecule has 1 aliphatic heterocycles. The molecule has 0 amide bonds. The summed E-state index contributed by atoms with van der Waals surface area (Å²) in [5.41, 5.74) is 1.70. The van der Waals surface area contributed by atoms with Crippen LogP contribution in [0.15, 0.2) is 27.4 Å². The predicted molar refractivity (Wildman–Crippen MR) is 77.6 cm³/mol. The number of benzene rings is 1. The molecule has 3 rings (SSSR count). The van der Waals surface area contributed by atoms with Crippen molar-refractivity contribution >= 4 is 16.9 Å². The number of aromatic nitrogens is 1. The van der Waals surface area contributed by atoms with E-state index in [1.54, 1.807) is 25.2 Å². The molecule has 0 spiro atoms. The minimum Gasteiger partial charge on any atom is -0.408 e. The molecule has 21 heavy (non-hydrogen) atoms. The quantitative estimate of drug-likeness (QED) is 0.790. The third-order valence-electron chi connectivity index (χ3n) is 4.05. The zero-order valence-corrected chi connectivity index (χ0v) is 12.2. The molecule has 0 N–H and O–H groups in total. The highest BCUT2D eigenvalue weighted by atomic mass is 16.5. The fraction of sp³-hybridized carbons (Fsp3) is 0.467. The Balaban J connectivity index is 1.88. The molecule has 1 atom stereocenters. The minimum atomic E-state index is -0.421. The van der Waals surface area contributed by atoms with E-state index in [4.69, 9.17) is 9.15 Å². The molecule has 1 aromatic carbocycles. The van der Waals surface area contributed by atoms with E-state index < -0.39 is 5.76 Å². The van der Waals surface area contributed by atoms with Crippen LogP contribution in [0.4, 0.5) is 0 Å². The molecule has 112 valence electrons. The molecule has 1 aromatic heterocycles. The topological polar surface area (TPSA) is 64.7 Å². The molecule has 1 aliphatic rings. The van der Waals surface area contributed by atoms with Crippen molar-refractivity contribution in [3.8, 4) is 0 Å². The summed E-state index contributed by atoms with van der Waals surface area (Å²) in [5, 5.41) is 0. The molecule has 2 aromatic rings. The van der Waals surface area contributed by atoms with Gasteiger partial charge in [0.05, 0.1) is 24.8 Å². The van der Waals surface area contributed by atoms with E-state index >= 15 is 0 Å². The highest BCUT2D eigenvalue weighted by Gasteiger charge is 2.24. The Hall–Kier alpha value is -1.92. The number of hydrogen-bond donors (Lipinski definition) is 0. The van der Waals surface area contributed by atoms with E-state index in [0.717, 1.165) is 13.1 Å². The van der Waals surface area contributed by atoms with E-state index in [2.05, 4.69) is 4.90 Å². The maximum atomic E-state index is 12.6. The fourth-order valence-corrected chi connectivity index (χ4v) is 2.66. The average Bonchev–Trinajstić information content (AvgIpc) is 2.81. The van der Waals surface area contributed by atoms with Crippen LogP contribution in [0.5, 0.6) is 0 Å². The molecular formula is C15H18N2O4. The number of hydrogen-bond acceptors (Lipinski definition) is 5. The number of ether oxygens (including phenoxy) is 1. The molecule has 1 fully saturated rings. The summed E-state index contributed by atoms with van der Waals surface area (Å²) in [6.45, 7) is 4.73. The lowest BCUT2D eigenvalue weighted by Crippen LogP contribution is -2.45. The summed E-state index contributed by atoms with van der Waals surface area (Å²) in [6.07, 6.45) is 0. The lowest BCUT2D eigenvalue weighted by atomic mass is 10.0. The van der Waals surface area contributed by atoms with Gasteiger partial charge in [-0.05, 0) is 25.1 Å². The van der Waals surface area contributed by atoms with E-state index in [0.29, 0.717) is 29.9 Å². The van der Waals surface area contributed by atoms with Gasteiger partial charge in [0.15, 0.2) is 11.4 Å². The number of Topliss-reactive ketones (excluding diaryl/α,β-unsaturated/α-hetero) is 1. The molecule has 6 nitrogen and oxygen atoms in total. The summed E-state index contributed by atoms with van der Waals surface area (Å²) in [7, 11) is 1.64. The normalized spacial score (nSPS) is 18.0. The van der Waals surface area contributed by atoms with Gasteiger partial charge in [0.2, 0.25) is 0 Å². The van der Waals surface area contributed by atoms with Crippen LogP contribution in [0, 0.1) is 0 Å². The Morgan fingerprint density at radius 3 is 2.71 bits per heavy atom. The van der Waals surface area contributed by atoms with E-state index in [1.807, 2.05) is 6.92 Å². The Kier molecular flexibility index (Phi) is 3.65. The lowest BCUT2D eigenvalue weighted by Gasteiger charge is -2.31. The van der Waals surface area contributed by atoms with Gasteiger partial charge in [-0.2, -0.15) is 0 Å². The number of morpholine rings is 1. The minimum absolute atomic E-state index is 0.0327. The maximum Gasteiger partial charge on any atom is 0.419 e. The van der Waals surface area contributed by atoms with Crippen LogP contribution in [0.25, 0.3) is 11.1 Å². The van der Waals surface area contributed by atoms with Gasteiger partial charge in [-0.1, -0.05) is 0 Å². The average molecular weight is 290 g/mol. The summed E-state index contributed by atoms with van der Waals surface area (Å²) in [4.78, 5) is 26.2. The van der Waals surface area contributed by atoms with Crippen molar-refractivity contribution < 1.29 is 13.9 Å². The highest BCUT2D eigenvalue weighted by molar-refractivity contribution is 6.01. The lowest BCUT2D eigenvalue weighted by molar-refractivity contribution is 0.0208. The van der Waals surface area contributed by atoms with Crippen molar-refractivity contribution in [3.63, 3.8) is 0 Å². The summed E-state index contributed by atoms with van der Waals surface area (Å²) < 4.78 is 11.9. The standard InChI is InChI=1S/C15H18N2O4/c1-10(17-5-7-20-8-6-17)14(18)11-3-4-12-13(9-11)21-15(19)16(12)2/h3-4,9-10H,5-8H2,1-2H3. The third-order valence-corrected chi connectivity index (χ3v) is 4.05. The van der Waals surface area contributed by atoms with Gasteiger partial charge in [0.25, 0.3) is 0 Å². The number of carbonyl (C=O) groups is 1. The van der Waals surface area contributed by atoms with Crippen LogP contribution in [0.1, 0.15) is 17.3 Å². The molecule has 2 heterocycles. The Labute approximate surface area is 121 Å². The molecule has 1 unspecified atom stereocenters. The van der Waals surface area contributed by atoms with Gasteiger partial charge in [-0.25, -0.2) is 4.79 Å². The van der Waals surface area contributed by atoms with Crippen LogP contribution < -0.4 is 5.76 Å². The maximum absolute atomic E-state index is 12.6. The molecule has 6 heteroatoms. The molecule has 1 saturated heterocycles. The van der Waals surface area contributed by atoms with Gasteiger partial charge in [-0.3, -0.25) is 14.3 Å². The van der Waals surface area contributed by atoms with Crippen molar-refractivity contribution in [2.24, 2.45) is 7.05 Å². The van der Waals surface area contributed by atoms with Gasteiger partial charge < -0.3 is 9.15 Å². The Morgan fingerprint density at radius 2 is 2.00 bits per heavy atom. The van der Waals surface area contributed by atoms with Crippen LogP contribution in [-0.2, 0) is 11.8 Å². The molecule has 0 aliphatic carbocycles. The van der Waals surface area contributed by atoms with Gasteiger partial charge in [-0.15, -0.1) is 0 Å². The van der Waals surface area contributed by atoms with Crippen LogP contribution in [0.2, 0.25) is 0 Å². The second-order valence-corrected chi connectivity index (χ2v) is 5.30. The first-order valence-electron chi connectivity index (χ1n) is 7.03. The van der Waals surface area contributed by atoms with Gasteiger partial charge in [0.1, 0.15) is 0 Å². The van der Waals surface area contributed by atoms with Gasteiger partial charge in [0, 0.05) is 25.7 Å². The number of oxazole rings is 1. The third kappa shape index (κ3) is 2.52.